The van der Waals surface area contributed by atoms with Crippen molar-refractivity contribution in [3.05, 3.63) is 88.8 Å². The lowest BCUT2D eigenvalue weighted by Gasteiger charge is -2.20. The molecule has 3 rings (SSSR count). The van der Waals surface area contributed by atoms with Crippen LogP contribution in [0, 0.1) is 24.1 Å². The van der Waals surface area contributed by atoms with E-state index < -0.39 is 0 Å². The fourth-order valence-electron chi connectivity index (χ4n) is 3.53. The van der Waals surface area contributed by atoms with Crippen molar-refractivity contribution in [3.8, 4) is 5.75 Å². The number of phenolic OH excluding ortho intramolecular Hbond substituents is 1. The lowest BCUT2D eigenvalue weighted by molar-refractivity contribution is 0.474. The van der Waals surface area contributed by atoms with Gasteiger partial charge < -0.3 is 10.5 Å². The van der Waals surface area contributed by atoms with Crippen molar-refractivity contribution in [1.82, 2.24) is 0 Å². The summed E-state index contributed by atoms with van der Waals surface area (Å²) in [7, 11) is 0. The van der Waals surface area contributed by atoms with Crippen LogP contribution in [0.1, 0.15) is 42.5 Å². The zero-order valence-corrected chi connectivity index (χ0v) is 15.9. The van der Waals surface area contributed by atoms with Gasteiger partial charge in [-0.05, 0) is 72.4 Å². The number of benzene rings is 2. The molecule has 1 aliphatic rings. The van der Waals surface area contributed by atoms with Crippen LogP contribution in [0.3, 0.4) is 0 Å². The molecule has 1 atom stereocenters. The van der Waals surface area contributed by atoms with Crippen molar-refractivity contribution in [2.24, 2.45) is 5.92 Å². The molecule has 0 amide bonds. The number of aromatic hydroxyl groups is 1. The van der Waals surface area contributed by atoms with Crippen molar-refractivity contribution in [2.75, 3.05) is 0 Å². The van der Waals surface area contributed by atoms with Crippen LogP contribution in [0.4, 0.5) is 4.39 Å². The summed E-state index contributed by atoms with van der Waals surface area (Å²) in [5.41, 5.74) is 5.45. The fraction of sp³-hybridized carbons (Fsp3) is 0.208. The van der Waals surface area contributed by atoms with Gasteiger partial charge in [-0.15, -0.1) is 0 Å². The number of halogens is 1. The van der Waals surface area contributed by atoms with Crippen LogP contribution >= 0.6 is 0 Å². The molecule has 2 nitrogen and oxygen atoms in total. The summed E-state index contributed by atoms with van der Waals surface area (Å²) in [5.74, 6) is 0.0732. The molecule has 2 aromatic rings. The highest BCUT2D eigenvalue weighted by molar-refractivity contribution is 6.01. The molecule has 0 radical (unpaired) electrons. The summed E-state index contributed by atoms with van der Waals surface area (Å²) in [6.45, 7) is 5.56. The first kappa shape index (κ1) is 18.8. The quantitative estimate of drug-likeness (QED) is 0.618. The highest BCUT2D eigenvalue weighted by Gasteiger charge is 2.20. The van der Waals surface area contributed by atoms with Crippen LogP contribution in [-0.2, 0) is 0 Å². The van der Waals surface area contributed by atoms with Crippen LogP contribution in [0.15, 0.2) is 60.7 Å². The smallest absolute Gasteiger partial charge is 0.126 e. The van der Waals surface area contributed by atoms with Crippen molar-refractivity contribution >= 4 is 16.9 Å². The number of hydrogen-bond acceptors (Lipinski definition) is 2. The number of allylic oxidation sites excluding steroid dienone is 6. The average molecular weight is 361 g/mol. The maximum absolute atomic E-state index is 13.8. The molecule has 1 unspecified atom stereocenters. The molecule has 0 bridgehead atoms. The van der Waals surface area contributed by atoms with E-state index in [1.165, 1.54) is 6.07 Å². The Bertz CT molecular complexity index is 982. The molecular formula is C24H24FNO. The van der Waals surface area contributed by atoms with Crippen LogP contribution < -0.4 is 0 Å². The molecular weight excluding hydrogens is 337 g/mol. The van der Waals surface area contributed by atoms with Gasteiger partial charge in [0, 0.05) is 17.2 Å². The van der Waals surface area contributed by atoms with Crippen LogP contribution in [-0.4, -0.2) is 10.8 Å². The zero-order valence-electron chi connectivity index (χ0n) is 15.9. The first-order chi connectivity index (χ1) is 12.9. The summed E-state index contributed by atoms with van der Waals surface area (Å²) in [5, 5.41) is 18.1. The molecule has 0 saturated heterocycles. The van der Waals surface area contributed by atoms with E-state index in [9.17, 15) is 9.50 Å². The zero-order chi connectivity index (χ0) is 19.6. The number of rotatable bonds is 4. The third-order valence-electron chi connectivity index (χ3n) is 5.00. The minimum atomic E-state index is -0.211. The number of nitrogens with one attached hydrogen (secondary N) is 1. The molecule has 27 heavy (non-hydrogen) atoms. The van der Waals surface area contributed by atoms with Crippen molar-refractivity contribution in [2.45, 2.75) is 27.2 Å². The van der Waals surface area contributed by atoms with Gasteiger partial charge in [-0.25, -0.2) is 4.39 Å². The van der Waals surface area contributed by atoms with Gasteiger partial charge in [-0.2, -0.15) is 0 Å². The minimum Gasteiger partial charge on any atom is -0.507 e. The summed E-state index contributed by atoms with van der Waals surface area (Å²) >= 11 is 0. The van der Waals surface area contributed by atoms with Gasteiger partial charge >= 0.3 is 0 Å². The van der Waals surface area contributed by atoms with Gasteiger partial charge in [0.1, 0.15) is 11.6 Å². The standard InChI is InChI=1S/C24H24FNO/c1-4-17-7-5-6-8-21(18-9-11-20(16(3)26)23(27)14-18)24(17)19-10-12-22(25)15(2)13-19/h5-14,17,26-27H,4H2,1-3H3. The van der Waals surface area contributed by atoms with Crippen molar-refractivity contribution in [3.63, 3.8) is 0 Å². The molecule has 1 aliphatic carbocycles. The van der Waals surface area contributed by atoms with Crippen LogP contribution in [0.25, 0.3) is 11.1 Å². The van der Waals surface area contributed by atoms with E-state index in [0.29, 0.717) is 16.8 Å². The van der Waals surface area contributed by atoms with Gasteiger partial charge in [-0.3, -0.25) is 0 Å². The predicted octanol–water partition coefficient (Wildman–Crippen LogP) is 6.29. The van der Waals surface area contributed by atoms with Crippen LogP contribution in [0.2, 0.25) is 0 Å². The van der Waals surface area contributed by atoms with Gasteiger partial charge in [0.05, 0.1) is 0 Å². The van der Waals surface area contributed by atoms with Gasteiger partial charge in [0.2, 0.25) is 0 Å². The molecule has 0 saturated carbocycles. The Hall–Kier alpha value is -2.94. The van der Waals surface area contributed by atoms with E-state index in [1.807, 2.05) is 36.4 Å². The van der Waals surface area contributed by atoms with E-state index >= 15 is 0 Å². The predicted molar refractivity (Wildman–Crippen MR) is 111 cm³/mol. The van der Waals surface area contributed by atoms with Gasteiger partial charge in [0.25, 0.3) is 0 Å². The third kappa shape index (κ3) is 3.77. The summed E-state index contributed by atoms with van der Waals surface area (Å²) in [6.07, 6.45) is 9.14. The Kier molecular flexibility index (Phi) is 5.41. The first-order valence-corrected chi connectivity index (χ1v) is 9.16. The third-order valence-corrected chi connectivity index (χ3v) is 5.00. The van der Waals surface area contributed by atoms with Crippen LogP contribution in [0.5, 0.6) is 5.75 Å². The molecule has 0 heterocycles. The lowest BCUT2D eigenvalue weighted by atomic mass is 9.84. The Morgan fingerprint density at radius 3 is 2.48 bits per heavy atom. The molecule has 0 fully saturated rings. The molecule has 3 heteroatoms. The normalized spacial score (nSPS) is 16.5. The van der Waals surface area contributed by atoms with Crippen molar-refractivity contribution < 1.29 is 9.50 Å². The minimum absolute atomic E-state index is 0.0980. The maximum atomic E-state index is 13.8. The monoisotopic (exact) mass is 361 g/mol. The summed E-state index contributed by atoms with van der Waals surface area (Å²) < 4.78 is 13.8. The highest BCUT2D eigenvalue weighted by Crippen LogP contribution is 2.38. The van der Waals surface area contributed by atoms with E-state index in [0.717, 1.165) is 28.7 Å². The lowest BCUT2D eigenvalue weighted by Crippen LogP contribution is -2.03. The molecule has 0 spiro atoms. The molecule has 2 N–H and O–H groups in total. The maximum Gasteiger partial charge on any atom is 0.126 e. The molecule has 2 aromatic carbocycles. The number of aryl methyl sites for hydroxylation is 1. The second-order valence-corrected chi connectivity index (χ2v) is 6.91. The first-order valence-electron chi connectivity index (χ1n) is 9.16. The molecule has 138 valence electrons. The number of phenols is 1. The Morgan fingerprint density at radius 1 is 1.11 bits per heavy atom. The fourth-order valence-corrected chi connectivity index (χ4v) is 3.53. The summed E-state index contributed by atoms with van der Waals surface area (Å²) in [6, 6.07) is 10.6. The molecule has 0 aliphatic heterocycles. The van der Waals surface area contributed by atoms with Gasteiger partial charge in [-0.1, -0.05) is 43.4 Å². The van der Waals surface area contributed by atoms with E-state index in [2.05, 4.69) is 13.0 Å². The Morgan fingerprint density at radius 2 is 1.85 bits per heavy atom. The Balaban J connectivity index is 2.25. The van der Waals surface area contributed by atoms with E-state index in [-0.39, 0.29) is 17.5 Å². The van der Waals surface area contributed by atoms with Crippen molar-refractivity contribution in [1.29, 1.82) is 5.41 Å². The van der Waals surface area contributed by atoms with E-state index in [4.69, 9.17) is 5.41 Å². The van der Waals surface area contributed by atoms with Gasteiger partial charge in [0.15, 0.2) is 0 Å². The topological polar surface area (TPSA) is 44.1 Å². The SMILES string of the molecule is CCC1C=CC=CC(c2ccc(C(C)=N)c(O)c2)=C1c1ccc(F)c(C)c1. The highest BCUT2D eigenvalue weighted by atomic mass is 19.1. The van der Waals surface area contributed by atoms with E-state index in [1.54, 1.807) is 26.0 Å². The Labute approximate surface area is 159 Å². The average Bonchev–Trinajstić information content (AvgIpc) is 2.86. The summed E-state index contributed by atoms with van der Waals surface area (Å²) in [4.78, 5) is 0. The second-order valence-electron chi connectivity index (χ2n) is 6.91. The largest absolute Gasteiger partial charge is 0.507 e. The second kappa shape index (κ2) is 7.75. The number of hydrogen-bond donors (Lipinski definition) is 2. The molecule has 0 aromatic heterocycles.